The van der Waals surface area contributed by atoms with Gasteiger partial charge in [-0.2, -0.15) is 0 Å². The number of aromatic nitrogens is 2. The molecule has 0 amide bonds. The summed E-state index contributed by atoms with van der Waals surface area (Å²) < 4.78 is 0.858. The van der Waals surface area contributed by atoms with Gasteiger partial charge >= 0.3 is 0 Å². The second-order valence-corrected chi connectivity index (χ2v) is 5.37. The van der Waals surface area contributed by atoms with Crippen LogP contribution < -0.4 is 5.32 Å². The van der Waals surface area contributed by atoms with Crippen LogP contribution in [0.15, 0.2) is 10.7 Å². The second kappa shape index (κ2) is 4.08. The molecule has 1 aliphatic rings. The first kappa shape index (κ1) is 10.9. The van der Waals surface area contributed by atoms with E-state index in [1.54, 1.807) is 0 Å². The van der Waals surface area contributed by atoms with Crippen molar-refractivity contribution in [2.75, 3.05) is 5.32 Å². The predicted octanol–water partition coefficient (Wildman–Crippen LogP) is 3.18. The van der Waals surface area contributed by atoms with Gasteiger partial charge in [-0.25, -0.2) is 9.97 Å². The predicted molar refractivity (Wildman–Crippen MR) is 65.0 cm³/mol. The van der Waals surface area contributed by atoms with Gasteiger partial charge < -0.3 is 5.32 Å². The monoisotopic (exact) mass is 269 g/mol. The summed E-state index contributed by atoms with van der Waals surface area (Å²) in [5, 5.41) is 3.42. The SMILES string of the molecule is CC(C)c1nc(Br)cc(NC2CC2C)n1. The van der Waals surface area contributed by atoms with E-state index in [4.69, 9.17) is 0 Å². The lowest BCUT2D eigenvalue weighted by Gasteiger charge is -2.09. The highest BCUT2D eigenvalue weighted by Gasteiger charge is 2.32. The number of nitrogens with zero attached hydrogens (tertiary/aromatic N) is 2. The number of anilines is 1. The van der Waals surface area contributed by atoms with E-state index in [0.29, 0.717) is 12.0 Å². The summed E-state index contributed by atoms with van der Waals surface area (Å²) in [5.41, 5.74) is 0. The van der Waals surface area contributed by atoms with Gasteiger partial charge in [-0.3, -0.25) is 0 Å². The zero-order chi connectivity index (χ0) is 11.0. The molecule has 0 aromatic carbocycles. The molecule has 2 rings (SSSR count). The summed E-state index contributed by atoms with van der Waals surface area (Å²) in [7, 11) is 0. The summed E-state index contributed by atoms with van der Waals surface area (Å²) in [6.07, 6.45) is 1.25. The minimum Gasteiger partial charge on any atom is -0.367 e. The second-order valence-electron chi connectivity index (χ2n) is 4.55. The minimum atomic E-state index is 0.361. The molecule has 0 saturated heterocycles. The van der Waals surface area contributed by atoms with Crippen molar-refractivity contribution in [3.63, 3.8) is 0 Å². The maximum Gasteiger partial charge on any atom is 0.134 e. The van der Waals surface area contributed by atoms with Crippen LogP contribution >= 0.6 is 15.9 Å². The van der Waals surface area contributed by atoms with E-state index in [9.17, 15) is 0 Å². The molecule has 1 aliphatic carbocycles. The van der Waals surface area contributed by atoms with E-state index in [1.165, 1.54) is 6.42 Å². The molecule has 0 spiro atoms. The van der Waals surface area contributed by atoms with Crippen molar-refractivity contribution in [3.8, 4) is 0 Å². The summed E-state index contributed by atoms with van der Waals surface area (Å²) in [6, 6.07) is 2.54. The van der Waals surface area contributed by atoms with Crippen LogP contribution in [-0.4, -0.2) is 16.0 Å². The molecule has 1 saturated carbocycles. The first-order chi connectivity index (χ1) is 7.06. The highest BCUT2D eigenvalue weighted by molar-refractivity contribution is 9.10. The van der Waals surface area contributed by atoms with Gasteiger partial charge in [0.15, 0.2) is 0 Å². The largest absolute Gasteiger partial charge is 0.367 e. The first-order valence-electron chi connectivity index (χ1n) is 5.37. The number of hydrogen-bond acceptors (Lipinski definition) is 3. The summed E-state index contributed by atoms with van der Waals surface area (Å²) in [6.45, 7) is 6.45. The Bertz CT molecular complexity index is 365. The van der Waals surface area contributed by atoms with Gasteiger partial charge in [0.2, 0.25) is 0 Å². The van der Waals surface area contributed by atoms with Crippen molar-refractivity contribution >= 4 is 21.7 Å². The fraction of sp³-hybridized carbons (Fsp3) is 0.636. The smallest absolute Gasteiger partial charge is 0.134 e. The van der Waals surface area contributed by atoms with Crippen molar-refractivity contribution < 1.29 is 0 Å². The van der Waals surface area contributed by atoms with E-state index < -0.39 is 0 Å². The summed E-state index contributed by atoms with van der Waals surface area (Å²) in [5.74, 6) is 2.97. The molecule has 4 heteroatoms. The van der Waals surface area contributed by atoms with Crippen molar-refractivity contribution in [1.29, 1.82) is 0 Å². The van der Waals surface area contributed by atoms with Crippen molar-refractivity contribution in [3.05, 3.63) is 16.5 Å². The lowest BCUT2D eigenvalue weighted by molar-refractivity contribution is 0.768. The van der Waals surface area contributed by atoms with Crippen LogP contribution in [0, 0.1) is 5.92 Å². The Balaban J connectivity index is 2.16. The molecule has 2 atom stereocenters. The minimum absolute atomic E-state index is 0.361. The molecule has 0 bridgehead atoms. The Hall–Kier alpha value is -0.640. The molecule has 1 heterocycles. The molecule has 2 unspecified atom stereocenters. The molecule has 1 aromatic heterocycles. The average Bonchev–Trinajstić information content (AvgIpc) is 2.80. The van der Waals surface area contributed by atoms with Crippen LogP contribution in [0.3, 0.4) is 0 Å². The van der Waals surface area contributed by atoms with Crippen molar-refractivity contribution in [1.82, 2.24) is 9.97 Å². The fourth-order valence-corrected chi connectivity index (χ4v) is 1.88. The van der Waals surface area contributed by atoms with Crippen LogP contribution in [0.4, 0.5) is 5.82 Å². The van der Waals surface area contributed by atoms with E-state index >= 15 is 0 Å². The third kappa shape index (κ3) is 2.68. The van der Waals surface area contributed by atoms with Gasteiger partial charge in [-0.1, -0.05) is 20.8 Å². The van der Waals surface area contributed by atoms with Gasteiger partial charge in [0, 0.05) is 18.0 Å². The molecule has 15 heavy (non-hydrogen) atoms. The topological polar surface area (TPSA) is 37.8 Å². The van der Waals surface area contributed by atoms with Gasteiger partial charge in [0.05, 0.1) is 0 Å². The Morgan fingerprint density at radius 1 is 1.47 bits per heavy atom. The zero-order valence-corrected chi connectivity index (χ0v) is 10.9. The molecular formula is C11H16BrN3. The highest BCUT2D eigenvalue weighted by atomic mass is 79.9. The first-order valence-corrected chi connectivity index (χ1v) is 6.16. The number of nitrogens with one attached hydrogen (secondary N) is 1. The normalized spacial score (nSPS) is 24.3. The molecular weight excluding hydrogens is 254 g/mol. The van der Waals surface area contributed by atoms with Crippen LogP contribution in [0.1, 0.15) is 38.9 Å². The van der Waals surface area contributed by atoms with Crippen LogP contribution in [0.25, 0.3) is 0 Å². The van der Waals surface area contributed by atoms with Gasteiger partial charge in [0.25, 0.3) is 0 Å². The summed E-state index contributed by atoms with van der Waals surface area (Å²) >= 11 is 3.42. The highest BCUT2D eigenvalue weighted by Crippen LogP contribution is 2.32. The van der Waals surface area contributed by atoms with Crippen LogP contribution in [0.5, 0.6) is 0 Å². The maximum absolute atomic E-state index is 4.50. The Kier molecular flexibility index (Phi) is 2.96. The molecule has 3 nitrogen and oxygen atoms in total. The molecule has 1 N–H and O–H groups in total. The average molecular weight is 270 g/mol. The number of hydrogen-bond donors (Lipinski definition) is 1. The molecule has 0 radical (unpaired) electrons. The quantitative estimate of drug-likeness (QED) is 0.857. The standard InChI is InChI=1S/C11H16BrN3/c1-6(2)11-14-9(12)5-10(15-11)13-8-4-7(8)3/h5-8H,4H2,1-3H3,(H,13,14,15). The van der Waals surface area contributed by atoms with E-state index in [1.807, 2.05) is 6.07 Å². The van der Waals surface area contributed by atoms with E-state index in [2.05, 4.69) is 52.0 Å². The number of rotatable bonds is 3. The van der Waals surface area contributed by atoms with E-state index in [0.717, 1.165) is 22.2 Å². The van der Waals surface area contributed by atoms with Crippen molar-refractivity contribution in [2.24, 2.45) is 5.92 Å². The number of halogens is 1. The summed E-state index contributed by atoms with van der Waals surface area (Å²) in [4.78, 5) is 8.84. The Morgan fingerprint density at radius 3 is 2.67 bits per heavy atom. The molecule has 1 fully saturated rings. The molecule has 82 valence electrons. The van der Waals surface area contributed by atoms with Gasteiger partial charge in [-0.15, -0.1) is 0 Å². The Labute approximate surface area is 98.8 Å². The van der Waals surface area contributed by atoms with Crippen LogP contribution in [0.2, 0.25) is 0 Å². The van der Waals surface area contributed by atoms with Gasteiger partial charge in [-0.05, 0) is 28.3 Å². The maximum atomic E-state index is 4.50. The third-order valence-electron chi connectivity index (χ3n) is 2.67. The Morgan fingerprint density at radius 2 is 2.13 bits per heavy atom. The van der Waals surface area contributed by atoms with Gasteiger partial charge in [0.1, 0.15) is 16.2 Å². The fourth-order valence-electron chi connectivity index (χ4n) is 1.48. The molecule has 1 aromatic rings. The molecule has 0 aliphatic heterocycles. The zero-order valence-electron chi connectivity index (χ0n) is 9.29. The van der Waals surface area contributed by atoms with Crippen molar-refractivity contribution in [2.45, 2.75) is 39.2 Å². The van der Waals surface area contributed by atoms with E-state index in [-0.39, 0.29) is 0 Å². The van der Waals surface area contributed by atoms with Crippen LogP contribution in [-0.2, 0) is 0 Å². The lowest BCUT2D eigenvalue weighted by atomic mass is 10.2. The lowest BCUT2D eigenvalue weighted by Crippen LogP contribution is -2.08. The third-order valence-corrected chi connectivity index (χ3v) is 3.08.